The summed E-state index contributed by atoms with van der Waals surface area (Å²) < 4.78 is 68.4. The smallest absolute Gasteiger partial charge is 0.462 e. The molecule has 5 atom stereocenters. The number of hydrogen-bond acceptors (Lipinski definition) is 15. The molecular formula is C74H140O17P2. The van der Waals surface area contributed by atoms with Gasteiger partial charge in [-0.05, 0) is 69.1 Å². The van der Waals surface area contributed by atoms with E-state index < -0.39 is 97.5 Å². The number of carbonyl (C=O) groups is 4. The minimum atomic E-state index is -4.96. The first kappa shape index (κ1) is 90.5. The molecule has 0 aliphatic heterocycles. The Morgan fingerprint density at radius 1 is 0.333 bits per heavy atom. The first-order valence-electron chi connectivity index (χ1n) is 37.7. The topological polar surface area (TPSA) is 237 Å². The van der Waals surface area contributed by atoms with E-state index in [-0.39, 0.29) is 25.7 Å². The number of allylic oxidation sites excluding steroid dienone is 4. The number of carbonyl (C=O) groups excluding carboxylic acids is 4. The normalized spacial score (nSPS) is 14.3. The van der Waals surface area contributed by atoms with E-state index in [1.54, 1.807) is 0 Å². The van der Waals surface area contributed by atoms with E-state index >= 15 is 0 Å². The van der Waals surface area contributed by atoms with Gasteiger partial charge in [-0.25, -0.2) is 9.13 Å². The van der Waals surface area contributed by atoms with Crippen molar-refractivity contribution in [1.29, 1.82) is 0 Å². The third kappa shape index (κ3) is 67.9. The first-order valence-corrected chi connectivity index (χ1v) is 40.7. The standard InChI is InChI=1S/C74H140O17P2/c1-8-9-10-11-12-13-14-15-16-19-22-27-35-43-50-57-73(78)90-69(61-84-71(76)55-48-41-34-29-24-26-32-39-46-53-66(4)5)63-88-92(80,81)86-59-68(75)60-87-93(82,83)89-64-70(62-85-72(77)56-49-42-37-30-33-40-47-54-67(6)7)91-74(79)58-51-44-36-28-23-20-17-18-21-25-31-38-45-52-65(2)3/h13-16,65-70,75H,8-12,17-64H2,1-7H3,(H,80,81)(H,82,83)/b14-13-,16-15-/t68?,69-,70-/m1/s1. The highest BCUT2D eigenvalue weighted by molar-refractivity contribution is 7.47. The summed E-state index contributed by atoms with van der Waals surface area (Å²) in [7, 11) is -9.92. The summed E-state index contributed by atoms with van der Waals surface area (Å²) >= 11 is 0. The van der Waals surface area contributed by atoms with Crippen molar-refractivity contribution in [2.75, 3.05) is 39.6 Å². The van der Waals surface area contributed by atoms with Crippen molar-refractivity contribution in [2.45, 2.75) is 369 Å². The van der Waals surface area contributed by atoms with Crippen molar-refractivity contribution >= 4 is 39.5 Å². The fourth-order valence-electron chi connectivity index (χ4n) is 10.7. The van der Waals surface area contributed by atoms with Crippen molar-refractivity contribution in [1.82, 2.24) is 0 Å². The molecular weight excluding hydrogens is 1220 g/mol. The average Bonchev–Trinajstić information content (AvgIpc) is 1.50. The molecule has 0 rings (SSSR count). The molecule has 0 aromatic carbocycles. The molecule has 0 bridgehead atoms. The van der Waals surface area contributed by atoms with Crippen LogP contribution in [0.5, 0.6) is 0 Å². The monoisotopic (exact) mass is 1360 g/mol. The lowest BCUT2D eigenvalue weighted by molar-refractivity contribution is -0.161. The lowest BCUT2D eigenvalue weighted by Crippen LogP contribution is -2.30. The van der Waals surface area contributed by atoms with Crippen molar-refractivity contribution in [3.63, 3.8) is 0 Å². The van der Waals surface area contributed by atoms with Crippen LogP contribution in [0.1, 0.15) is 350 Å². The summed E-state index contributed by atoms with van der Waals surface area (Å²) in [6.45, 7) is 11.8. The van der Waals surface area contributed by atoms with Crippen molar-refractivity contribution in [3.05, 3.63) is 24.3 Å². The molecule has 0 radical (unpaired) electrons. The van der Waals surface area contributed by atoms with E-state index in [2.05, 4.69) is 72.8 Å². The van der Waals surface area contributed by atoms with Crippen LogP contribution in [0.2, 0.25) is 0 Å². The van der Waals surface area contributed by atoms with Gasteiger partial charge in [0.05, 0.1) is 26.4 Å². The molecule has 3 N–H and O–H groups in total. The van der Waals surface area contributed by atoms with E-state index in [1.807, 2.05) is 0 Å². The van der Waals surface area contributed by atoms with Gasteiger partial charge < -0.3 is 33.8 Å². The van der Waals surface area contributed by atoms with Crippen LogP contribution >= 0.6 is 15.6 Å². The molecule has 0 aliphatic carbocycles. The fraction of sp³-hybridized carbons (Fsp3) is 0.892. The van der Waals surface area contributed by atoms with Gasteiger partial charge in [0.25, 0.3) is 0 Å². The highest BCUT2D eigenvalue weighted by atomic mass is 31.2. The van der Waals surface area contributed by atoms with Crippen LogP contribution in [0.15, 0.2) is 24.3 Å². The van der Waals surface area contributed by atoms with Gasteiger partial charge in [-0.3, -0.25) is 37.3 Å². The molecule has 17 nitrogen and oxygen atoms in total. The summed E-state index contributed by atoms with van der Waals surface area (Å²) in [4.78, 5) is 72.7. The molecule has 0 aliphatic rings. The van der Waals surface area contributed by atoms with Gasteiger partial charge in [0, 0.05) is 25.7 Å². The van der Waals surface area contributed by atoms with Gasteiger partial charge in [-0.1, -0.05) is 297 Å². The number of rotatable bonds is 70. The van der Waals surface area contributed by atoms with Crippen LogP contribution in [0.3, 0.4) is 0 Å². The Labute approximate surface area is 567 Å². The Morgan fingerprint density at radius 3 is 0.871 bits per heavy atom. The largest absolute Gasteiger partial charge is 0.472 e. The maximum Gasteiger partial charge on any atom is 0.472 e. The van der Waals surface area contributed by atoms with Gasteiger partial charge in [0.15, 0.2) is 12.2 Å². The second kappa shape index (κ2) is 64.2. The zero-order valence-electron chi connectivity index (χ0n) is 60.2. The number of phosphoric ester groups is 2. The highest BCUT2D eigenvalue weighted by Crippen LogP contribution is 2.45. The third-order valence-corrected chi connectivity index (χ3v) is 18.4. The minimum absolute atomic E-state index is 0.0842. The van der Waals surface area contributed by atoms with E-state index in [1.165, 1.54) is 141 Å². The van der Waals surface area contributed by atoms with Crippen molar-refractivity contribution in [2.24, 2.45) is 17.8 Å². The zero-order valence-corrected chi connectivity index (χ0v) is 62.0. The van der Waals surface area contributed by atoms with E-state index in [4.69, 9.17) is 37.0 Å². The van der Waals surface area contributed by atoms with E-state index in [0.29, 0.717) is 31.6 Å². The minimum Gasteiger partial charge on any atom is -0.462 e. The Balaban J connectivity index is 5.28. The number of aliphatic hydroxyl groups is 1. The van der Waals surface area contributed by atoms with Crippen LogP contribution in [0.25, 0.3) is 0 Å². The second-order valence-electron chi connectivity index (χ2n) is 27.4. The molecule has 3 unspecified atom stereocenters. The van der Waals surface area contributed by atoms with Gasteiger partial charge in [-0.15, -0.1) is 0 Å². The SMILES string of the molecule is CCCCCC/C=C\C=C/CCCCCCCC(=O)O[C@H](COC(=O)CCCCCCCCCCCC(C)C)COP(=O)(O)OCC(O)COP(=O)(O)OC[C@@H](COC(=O)CCCCCCCCCC(C)C)OC(=O)CCCCCCCCCCCCCCCC(C)C. The number of aliphatic hydroxyl groups excluding tert-OH is 1. The number of esters is 4. The van der Waals surface area contributed by atoms with Crippen molar-refractivity contribution < 1.29 is 80.2 Å². The molecule has 0 aromatic rings. The van der Waals surface area contributed by atoms with Crippen LogP contribution in [-0.4, -0.2) is 96.7 Å². The average molecular weight is 1360 g/mol. The number of hydrogen-bond donors (Lipinski definition) is 3. The fourth-order valence-corrected chi connectivity index (χ4v) is 12.3. The first-order chi connectivity index (χ1) is 44.7. The van der Waals surface area contributed by atoms with E-state index in [0.717, 1.165) is 121 Å². The molecule has 0 amide bonds. The van der Waals surface area contributed by atoms with Crippen LogP contribution < -0.4 is 0 Å². The highest BCUT2D eigenvalue weighted by Gasteiger charge is 2.30. The summed E-state index contributed by atoms with van der Waals surface area (Å²) in [5, 5.41) is 10.6. The van der Waals surface area contributed by atoms with E-state index in [9.17, 15) is 43.2 Å². The van der Waals surface area contributed by atoms with Gasteiger partial charge in [0.1, 0.15) is 19.3 Å². The molecule has 0 saturated carbocycles. The van der Waals surface area contributed by atoms with Crippen LogP contribution in [0.4, 0.5) is 0 Å². The van der Waals surface area contributed by atoms with Crippen molar-refractivity contribution in [3.8, 4) is 0 Å². The Hall–Kier alpha value is -2.46. The summed E-state index contributed by atoms with van der Waals surface area (Å²) in [5.41, 5.74) is 0. The third-order valence-electron chi connectivity index (χ3n) is 16.5. The molecule has 0 aromatic heterocycles. The maximum absolute atomic E-state index is 13.0. The lowest BCUT2D eigenvalue weighted by Gasteiger charge is -2.21. The predicted molar refractivity (Wildman–Crippen MR) is 377 cm³/mol. The maximum atomic E-state index is 13.0. The zero-order chi connectivity index (χ0) is 68.7. The number of unbranched alkanes of at least 4 members (excludes halogenated alkanes) is 35. The predicted octanol–water partition coefficient (Wildman–Crippen LogP) is 21.0. The summed E-state index contributed by atoms with van der Waals surface area (Å²) in [5.74, 6) is 0.0771. The molecule has 0 spiro atoms. The summed E-state index contributed by atoms with van der Waals surface area (Å²) in [6, 6.07) is 0. The molecule has 548 valence electrons. The quantitative estimate of drug-likeness (QED) is 0.0169. The molecule has 0 saturated heterocycles. The summed E-state index contributed by atoms with van der Waals surface area (Å²) in [6.07, 6.45) is 52.2. The Morgan fingerprint density at radius 2 is 0.581 bits per heavy atom. The number of phosphoric acid groups is 2. The van der Waals surface area contributed by atoms with Gasteiger partial charge in [-0.2, -0.15) is 0 Å². The number of ether oxygens (including phenoxy) is 4. The molecule has 0 heterocycles. The Kier molecular flexibility index (Phi) is 62.5. The van der Waals surface area contributed by atoms with Crippen LogP contribution in [-0.2, 0) is 65.4 Å². The van der Waals surface area contributed by atoms with Gasteiger partial charge >= 0.3 is 39.5 Å². The molecule has 0 fully saturated rings. The van der Waals surface area contributed by atoms with Crippen LogP contribution in [0, 0.1) is 17.8 Å². The second-order valence-corrected chi connectivity index (χ2v) is 30.3. The molecule has 19 heteroatoms. The molecule has 93 heavy (non-hydrogen) atoms. The van der Waals surface area contributed by atoms with Gasteiger partial charge in [0.2, 0.25) is 0 Å². The Bertz CT molecular complexity index is 1910. The lowest BCUT2D eigenvalue weighted by atomic mass is 10.0.